The van der Waals surface area contributed by atoms with Crippen molar-refractivity contribution in [3.05, 3.63) is 29.1 Å². The normalized spacial score (nSPS) is 21.9. The fourth-order valence-corrected chi connectivity index (χ4v) is 2.38. The number of hydrogen-bond donors (Lipinski definition) is 1. The van der Waals surface area contributed by atoms with Crippen molar-refractivity contribution in [2.24, 2.45) is 5.73 Å². The molecule has 3 nitrogen and oxygen atoms in total. The van der Waals surface area contributed by atoms with Gasteiger partial charge in [0.25, 0.3) is 0 Å². The van der Waals surface area contributed by atoms with Gasteiger partial charge >= 0.3 is 0 Å². The molecule has 0 aromatic heterocycles. The van der Waals surface area contributed by atoms with Crippen molar-refractivity contribution < 1.29 is 13.9 Å². The van der Waals surface area contributed by atoms with Gasteiger partial charge < -0.3 is 15.2 Å². The molecule has 0 atom stereocenters. The minimum Gasteiger partial charge on any atom is -0.467 e. The molecule has 1 fully saturated rings. The monoisotopic (exact) mass is 223 g/mol. The maximum Gasteiger partial charge on any atom is 0.189 e. The molecule has 4 heteroatoms. The third kappa shape index (κ3) is 1.41. The molecule has 1 aromatic rings. The van der Waals surface area contributed by atoms with E-state index in [2.05, 4.69) is 0 Å². The third-order valence-corrected chi connectivity index (χ3v) is 3.46. The molecular weight excluding hydrogens is 209 g/mol. The van der Waals surface area contributed by atoms with Gasteiger partial charge in [0.05, 0.1) is 6.61 Å². The summed E-state index contributed by atoms with van der Waals surface area (Å²) in [6.45, 7) is 0.623. The molecule has 1 saturated carbocycles. The van der Waals surface area contributed by atoms with Gasteiger partial charge in [-0.25, -0.2) is 4.39 Å². The molecule has 0 amide bonds. The zero-order valence-corrected chi connectivity index (χ0v) is 8.96. The van der Waals surface area contributed by atoms with E-state index in [1.807, 2.05) is 0 Å². The number of benzene rings is 1. The van der Waals surface area contributed by atoms with Crippen LogP contribution in [0.1, 0.15) is 30.4 Å². The molecule has 16 heavy (non-hydrogen) atoms. The Morgan fingerprint density at radius 1 is 1.31 bits per heavy atom. The third-order valence-electron chi connectivity index (χ3n) is 3.46. The van der Waals surface area contributed by atoms with E-state index < -0.39 is 5.54 Å². The predicted octanol–water partition coefficient (Wildman–Crippen LogP) is 2.03. The zero-order valence-electron chi connectivity index (χ0n) is 8.96. The van der Waals surface area contributed by atoms with Crippen LogP contribution in [0.15, 0.2) is 12.1 Å². The zero-order chi connectivity index (χ0) is 11.2. The molecule has 2 aliphatic rings. The lowest BCUT2D eigenvalue weighted by Crippen LogP contribution is -2.44. The Bertz CT molecular complexity index is 429. The second kappa shape index (κ2) is 3.43. The fourth-order valence-electron chi connectivity index (χ4n) is 2.38. The first-order valence-electron chi connectivity index (χ1n) is 5.51. The lowest BCUT2D eigenvalue weighted by Gasteiger charge is -2.40. The van der Waals surface area contributed by atoms with Gasteiger partial charge in [-0.15, -0.1) is 0 Å². The Labute approximate surface area is 93.3 Å². The standard InChI is InChI=1S/C12H14FNO2/c13-9-4-8-6-15-7-16-11(8)10(5-9)12(14)2-1-3-12/h4-5H,1-3,6-7,14H2. The Balaban J connectivity index is 2.12. The van der Waals surface area contributed by atoms with Crippen molar-refractivity contribution in [2.75, 3.05) is 6.79 Å². The predicted molar refractivity (Wildman–Crippen MR) is 56.4 cm³/mol. The van der Waals surface area contributed by atoms with Crippen LogP contribution in [0.5, 0.6) is 5.75 Å². The van der Waals surface area contributed by atoms with Gasteiger partial charge in [0.15, 0.2) is 6.79 Å². The van der Waals surface area contributed by atoms with Crippen molar-refractivity contribution in [1.82, 2.24) is 0 Å². The topological polar surface area (TPSA) is 44.5 Å². The molecule has 2 N–H and O–H groups in total. The summed E-state index contributed by atoms with van der Waals surface area (Å²) in [4.78, 5) is 0. The van der Waals surface area contributed by atoms with E-state index in [-0.39, 0.29) is 12.6 Å². The van der Waals surface area contributed by atoms with Crippen LogP contribution in [0.3, 0.4) is 0 Å². The van der Waals surface area contributed by atoms with Crippen LogP contribution in [-0.2, 0) is 16.9 Å². The number of hydrogen-bond acceptors (Lipinski definition) is 3. The molecule has 0 unspecified atom stereocenters. The van der Waals surface area contributed by atoms with Crippen LogP contribution in [-0.4, -0.2) is 6.79 Å². The van der Waals surface area contributed by atoms with E-state index in [1.165, 1.54) is 12.1 Å². The van der Waals surface area contributed by atoms with E-state index >= 15 is 0 Å². The molecule has 1 heterocycles. The molecule has 3 rings (SSSR count). The van der Waals surface area contributed by atoms with Gasteiger partial charge in [0.1, 0.15) is 11.6 Å². The van der Waals surface area contributed by atoms with Crippen molar-refractivity contribution in [3.63, 3.8) is 0 Å². The Kier molecular flexibility index (Phi) is 2.16. The lowest BCUT2D eigenvalue weighted by atomic mass is 9.72. The van der Waals surface area contributed by atoms with E-state index in [0.717, 1.165) is 36.1 Å². The summed E-state index contributed by atoms with van der Waals surface area (Å²) < 4.78 is 24.1. The quantitative estimate of drug-likeness (QED) is 0.792. The molecule has 1 aliphatic carbocycles. The summed E-state index contributed by atoms with van der Waals surface area (Å²) in [5.41, 5.74) is 7.40. The summed E-state index contributed by atoms with van der Waals surface area (Å²) in [6.07, 6.45) is 2.89. The summed E-state index contributed by atoms with van der Waals surface area (Å²) in [5, 5.41) is 0. The van der Waals surface area contributed by atoms with Crippen LogP contribution in [0, 0.1) is 5.82 Å². The highest BCUT2D eigenvalue weighted by Crippen LogP contribution is 2.45. The second-order valence-electron chi connectivity index (χ2n) is 4.56. The van der Waals surface area contributed by atoms with Gasteiger partial charge in [-0.05, 0) is 31.4 Å². The second-order valence-corrected chi connectivity index (χ2v) is 4.56. The molecular formula is C12H14FNO2. The number of nitrogens with two attached hydrogens (primary N) is 1. The highest BCUT2D eigenvalue weighted by Gasteiger charge is 2.38. The fraction of sp³-hybridized carbons (Fsp3) is 0.500. The number of halogens is 1. The SMILES string of the molecule is NC1(c2cc(F)cc3c2OCOC3)CCC1. The average Bonchev–Trinajstić information content (AvgIpc) is 2.24. The molecule has 86 valence electrons. The highest BCUT2D eigenvalue weighted by molar-refractivity contribution is 5.47. The van der Waals surface area contributed by atoms with Crippen LogP contribution in [0.4, 0.5) is 4.39 Å². The first kappa shape index (κ1) is 10.1. The summed E-state index contributed by atoms with van der Waals surface area (Å²) >= 11 is 0. The van der Waals surface area contributed by atoms with Crippen LogP contribution < -0.4 is 10.5 Å². The minimum atomic E-state index is -0.399. The highest BCUT2D eigenvalue weighted by atomic mass is 19.1. The van der Waals surface area contributed by atoms with Gasteiger partial charge in [0, 0.05) is 16.7 Å². The molecule has 0 radical (unpaired) electrons. The first-order chi connectivity index (χ1) is 7.69. The molecule has 0 saturated heterocycles. The number of fused-ring (bicyclic) bond motifs is 1. The van der Waals surface area contributed by atoms with Crippen LogP contribution in [0.2, 0.25) is 0 Å². The van der Waals surface area contributed by atoms with Crippen molar-refractivity contribution >= 4 is 0 Å². The molecule has 0 bridgehead atoms. The average molecular weight is 223 g/mol. The lowest BCUT2D eigenvalue weighted by molar-refractivity contribution is -0.0187. The van der Waals surface area contributed by atoms with Gasteiger partial charge in [-0.3, -0.25) is 0 Å². The summed E-state index contributed by atoms with van der Waals surface area (Å²) in [5.74, 6) is 0.467. The summed E-state index contributed by atoms with van der Waals surface area (Å²) in [6, 6.07) is 2.96. The Morgan fingerprint density at radius 2 is 2.12 bits per heavy atom. The van der Waals surface area contributed by atoms with Crippen molar-refractivity contribution in [1.29, 1.82) is 0 Å². The Morgan fingerprint density at radius 3 is 2.81 bits per heavy atom. The number of ether oxygens (including phenoxy) is 2. The smallest absolute Gasteiger partial charge is 0.189 e. The molecule has 1 aliphatic heterocycles. The summed E-state index contributed by atoms with van der Waals surface area (Å²) in [7, 11) is 0. The first-order valence-corrected chi connectivity index (χ1v) is 5.51. The van der Waals surface area contributed by atoms with Gasteiger partial charge in [0.2, 0.25) is 0 Å². The van der Waals surface area contributed by atoms with E-state index in [9.17, 15) is 4.39 Å². The van der Waals surface area contributed by atoms with Gasteiger partial charge in [-0.1, -0.05) is 0 Å². The largest absolute Gasteiger partial charge is 0.467 e. The van der Waals surface area contributed by atoms with E-state index in [1.54, 1.807) is 0 Å². The van der Waals surface area contributed by atoms with Crippen LogP contribution in [0.25, 0.3) is 0 Å². The van der Waals surface area contributed by atoms with Crippen molar-refractivity contribution in [2.45, 2.75) is 31.4 Å². The maximum atomic E-state index is 13.5. The van der Waals surface area contributed by atoms with Crippen molar-refractivity contribution in [3.8, 4) is 5.75 Å². The molecule has 1 aromatic carbocycles. The maximum absolute atomic E-state index is 13.5. The number of rotatable bonds is 1. The Hall–Kier alpha value is -1.13. The minimum absolute atomic E-state index is 0.224. The molecule has 0 spiro atoms. The van der Waals surface area contributed by atoms with E-state index in [4.69, 9.17) is 15.2 Å². The van der Waals surface area contributed by atoms with Gasteiger partial charge in [-0.2, -0.15) is 0 Å². The van der Waals surface area contributed by atoms with E-state index in [0.29, 0.717) is 6.61 Å². The van der Waals surface area contributed by atoms with Crippen LogP contribution >= 0.6 is 0 Å².